The number of hydrogen-bond acceptors (Lipinski definition) is 7. The van der Waals surface area contributed by atoms with E-state index in [-0.39, 0.29) is 5.41 Å². The van der Waals surface area contributed by atoms with E-state index >= 15 is 0 Å². The predicted molar refractivity (Wildman–Crippen MR) is 107 cm³/mol. The molecule has 0 bridgehead atoms. The van der Waals surface area contributed by atoms with Crippen molar-refractivity contribution in [3.05, 3.63) is 29.3 Å². The van der Waals surface area contributed by atoms with E-state index in [1.807, 2.05) is 0 Å². The Morgan fingerprint density at radius 1 is 1.04 bits per heavy atom. The highest BCUT2D eigenvalue weighted by Crippen LogP contribution is 2.30. The van der Waals surface area contributed by atoms with Gasteiger partial charge in [0, 0.05) is 31.6 Å². The summed E-state index contributed by atoms with van der Waals surface area (Å²) in [7, 11) is -1.95. The zero-order valence-electron chi connectivity index (χ0n) is 16.2. The van der Waals surface area contributed by atoms with Gasteiger partial charge in [-0.05, 0) is 30.7 Å². The first-order valence-electron chi connectivity index (χ1n) is 8.95. The Labute approximate surface area is 165 Å². The highest BCUT2D eigenvalue weighted by molar-refractivity contribution is 7.89. The summed E-state index contributed by atoms with van der Waals surface area (Å²) in [4.78, 5) is 2.43. The average molecular weight is 411 g/mol. The number of aromatic nitrogens is 2. The molecule has 0 atom stereocenters. The molecule has 0 N–H and O–H groups in total. The highest BCUT2D eigenvalue weighted by atomic mass is 32.2. The molecule has 1 aliphatic rings. The molecular weight excluding hydrogens is 384 g/mol. The molecule has 27 heavy (non-hydrogen) atoms. The first-order chi connectivity index (χ1) is 12.7. The third kappa shape index (κ3) is 4.41. The van der Waals surface area contributed by atoms with E-state index in [0.717, 1.165) is 23.1 Å². The number of ether oxygens (including phenoxy) is 1. The summed E-state index contributed by atoms with van der Waals surface area (Å²) in [6.07, 6.45) is 0.750. The van der Waals surface area contributed by atoms with Gasteiger partial charge in [0.2, 0.25) is 15.2 Å². The number of nitrogens with zero attached hydrogens (tertiary/aromatic N) is 4. The second-order valence-corrected chi connectivity index (χ2v) is 10.5. The van der Waals surface area contributed by atoms with Crippen molar-refractivity contribution < 1.29 is 13.2 Å². The van der Waals surface area contributed by atoms with E-state index in [1.165, 1.54) is 0 Å². The molecule has 7 nitrogen and oxygen atoms in total. The molecule has 1 fully saturated rings. The summed E-state index contributed by atoms with van der Waals surface area (Å²) in [5.74, 6) is 0.641. The molecule has 1 aliphatic heterocycles. The fraction of sp³-hybridized carbons (Fsp3) is 0.556. The van der Waals surface area contributed by atoms with Gasteiger partial charge in [-0.1, -0.05) is 32.1 Å². The van der Waals surface area contributed by atoms with Crippen LogP contribution in [0.15, 0.2) is 29.2 Å². The summed E-state index contributed by atoms with van der Waals surface area (Å²) in [5, 5.41) is 10.5. The Hall–Kier alpha value is -1.71. The quantitative estimate of drug-likeness (QED) is 0.771. The van der Waals surface area contributed by atoms with E-state index in [1.54, 1.807) is 47.0 Å². The topological polar surface area (TPSA) is 75.6 Å². The van der Waals surface area contributed by atoms with Crippen molar-refractivity contribution in [2.24, 2.45) is 0 Å². The van der Waals surface area contributed by atoms with Crippen molar-refractivity contribution in [1.82, 2.24) is 14.5 Å². The third-order valence-electron chi connectivity index (χ3n) is 4.48. The van der Waals surface area contributed by atoms with Crippen molar-refractivity contribution in [2.75, 3.05) is 38.2 Å². The molecular formula is C18H26N4O3S2. The maximum absolute atomic E-state index is 13.0. The second-order valence-electron chi connectivity index (χ2n) is 7.56. The Balaban J connectivity index is 1.73. The lowest BCUT2D eigenvalue weighted by molar-refractivity contribution is 0.413. The van der Waals surface area contributed by atoms with Crippen LogP contribution in [0.5, 0.6) is 5.75 Å². The van der Waals surface area contributed by atoms with Crippen molar-refractivity contribution in [3.63, 3.8) is 0 Å². The van der Waals surface area contributed by atoms with Crippen LogP contribution in [-0.4, -0.2) is 56.2 Å². The molecule has 1 aromatic heterocycles. The van der Waals surface area contributed by atoms with Gasteiger partial charge in [-0.2, -0.15) is 4.31 Å². The molecule has 1 aromatic carbocycles. The van der Waals surface area contributed by atoms with Gasteiger partial charge in [-0.25, -0.2) is 8.42 Å². The molecule has 3 rings (SSSR count). The first kappa shape index (κ1) is 20.0. The standard InChI is InChI=1S/C18H26N4O3S2/c1-18(2,3)16-19-20-17(26-16)21-10-5-11-22(13-12-21)27(23,24)15-8-6-14(25-4)7-9-15/h6-9H,5,10-13H2,1-4H3. The number of benzene rings is 1. The van der Waals surface area contributed by atoms with Crippen molar-refractivity contribution in [2.45, 2.75) is 37.5 Å². The first-order valence-corrected chi connectivity index (χ1v) is 11.2. The zero-order chi connectivity index (χ0) is 19.7. The lowest BCUT2D eigenvalue weighted by Gasteiger charge is -2.21. The van der Waals surface area contributed by atoms with Crippen LogP contribution in [0, 0.1) is 0 Å². The molecule has 148 valence electrons. The van der Waals surface area contributed by atoms with Crippen LogP contribution in [0.25, 0.3) is 0 Å². The number of hydrogen-bond donors (Lipinski definition) is 0. The molecule has 0 radical (unpaired) electrons. The molecule has 0 unspecified atom stereocenters. The average Bonchev–Trinajstić information content (AvgIpc) is 3.00. The van der Waals surface area contributed by atoms with E-state index < -0.39 is 10.0 Å². The van der Waals surface area contributed by atoms with E-state index in [0.29, 0.717) is 30.3 Å². The van der Waals surface area contributed by atoms with Gasteiger partial charge in [0.05, 0.1) is 12.0 Å². The van der Waals surface area contributed by atoms with Crippen molar-refractivity contribution in [1.29, 1.82) is 0 Å². The van der Waals surface area contributed by atoms with Gasteiger partial charge in [-0.15, -0.1) is 10.2 Å². The van der Waals surface area contributed by atoms with Gasteiger partial charge in [-0.3, -0.25) is 0 Å². The molecule has 2 aromatic rings. The van der Waals surface area contributed by atoms with E-state index in [9.17, 15) is 8.42 Å². The fourth-order valence-electron chi connectivity index (χ4n) is 2.87. The minimum atomic E-state index is -3.52. The molecule has 0 aliphatic carbocycles. The van der Waals surface area contributed by atoms with Gasteiger partial charge >= 0.3 is 0 Å². The maximum Gasteiger partial charge on any atom is 0.243 e. The highest BCUT2D eigenvalue weighted by Gasteiger charge is 2.28. The minimum absolute atomic E-state index is 0.0362. The van der Waals surface area contributed by atoms with Crippen LogP contribution < -0.4 is 9.64 Å². The monoisotopic (exact) mass is 410 g/mol. The molecule has 0 amide bonds. The lowest BCUT2D eigenvalue weighted by Crippen LogP contribution is -2.35. The Morgan fingerprint density at radius 2 is 1.74 bits per heavy atom. The molecule has 9 heteroatoms. The molecule has 0 saturated carbocycles. The molecule has 1 saturated heterocycles. The number of sulfonamides is 1. The van der Waals surface area contributed by atoms with Crippen LogP contribution >= 0.6 is 11.3 Å². The Morgan fingerprint density at radius 3 is 2.33 bits per heavy atom. The smallest absolute Gasteiger partial charge is 0.243 e. The molecule has 0 spiro atoms. The molecule has 2 heterocycles. The van der Waals surface area contributed by atoms with Crippen LogP contribution in [0.2, 0.25) is 0 Å². The van der Waals surface area contributed by atoms with Crippen LogP contribution in [0.1, 0.15) is 32.2 Å². The largest absolute Gasteiger partial charge is 0.497 e. The number of methoxy groups -OCH3 is 1. The van der Waals surface area contributed by atoms with E-state index in [2.05, 4.69) is 35.9 Å². The summed E-state index contributed by atoms with van der Waals surface area (Å²) in [6, 6.07) is 6.53. The number of rotatable bonds is 4. The summed E-state index contributed by atoms with van der Waals surface area (Å²) >= 11 is 1.59. The summed E-state index contributed by atoms with van der Waals surface area (Å²) in [5.41, 5.74) is -0.0362. The van der Waals surface area contributed by atoms with Gasteiger partial charge in [0.1, 0.15) is 10.8 Å². The van der Waals surface area contributed by atoms with Crippen LogP contribution in [0.3, 0.4) is 0 Å². The Bertz CT molecular complexity index is 873. The second kappa shape index (κ2) is 7.73. The summed E-state index contributed by atoms with van der Waals surface area (Å²) in [6.45, 7) is 8.64. The fourth-order valence-corrected chi connectivity index (χ4v) is 5.29. The predicted octanol–water partition coefficient (Wildman–Crippen LogP) is 2.75. The van der Waals surface area contributed by atoms with Gasteiger partial charge < -0.3 is 9.64 Å². The van der Waals surface area contributed by atoms with Crippen molar-refractivity contribution >= 4 is 26.5 Å². The minimum Gasteiger partial charge on any atom is -0.497 e. The normalized spacial score (nSPS) is 17.0. The third-order valence-corrected chi connectivity index (χ3v) is 7.80. The van der Waals surface area contributed by atoms with Gasteiger partial charge in [0.15, 0.2) is 0 Å². The maximum atomic E-state index is 13.0. The van der Waals surface area contributed by atoms with Crippen molar-refractivity contribution in [3.8, 4) is 5.75 Å². The summed E-state index contributed by atoms with van der Waals surface area (Å²) < 4.78 is 32.6. The Kier molecular flexibility index (Phi) is 5.73. The van der Waals surface area contributed by atoms with Gasteiger partial charge in [0.25, 0.3) is 0 Å². The number of anilines is 1. The SMILES string of the molecule is COc1ccc(S(=O)(=O)N2CCCN(c3nnc(C(C)(C)C)s3)CC2)cc1. The van der Waals surface area contributed by atoms with Crippen LogP contribution in [0.4, 0.5) is 5.13 Å². The van der Waals surface area contributed by atoms with E-state index in [4.69, 9.17) is 4.74 Å². The lowest BCUT2D eigenvalue weighted by atomic mass is 9.98. The zero-order valence-corrected chi connectivity index (χ0v) is 17.8. The van der Waals surface area contributed by atoms with Crippen LogP contribution in [-0.2, 0) is 15.4 Å².